The number of nitrogens with zero attached hydrogens (tertiary/aromatic N) is 3. The molecule has 112 valence electrons. The van der Waals surface area contributed by atoms with Gasteiger partial charge in [-0.05, 0) is 57.0 Å². The topological polar surface area (TPSA) is 41.3 Å². The Bertz CT molecular complexity index is 603. The van der Waals surface area contributed by atoms with Crippen LogP contribution in [-0.2, 0) is 6.54 Å². The van der Waals surface area contributed by atoms with Gasteiger partial charge in [0.25, 0.3) is 0 Å². The Kier molecular flexibility index (Phi) is 4.08. The van der Waals surface area contributed by atoms with Gasteiger partial charge in [0.1, 0.15) is 0 Å². The molecule has 4 nitrogen and oxygen atoms in total. The van der Waals surface area contributed by atoms with Crippen LogP contribution in [0.4, 0.5) is 0 Å². The van der Waals surface area contributed by atoms with E-state index in [1.165, 1.54) is 5.56 Å². The maximum Gasteiger partial charge on any atom is 0.0667 e. The molecule has 1 aliphatic heterocycles. The standard InChI is InChI=1S/C17H23N3O/c1-13-10-14(2)20(18-13)16-7-5-15(6-8-16)11-19-9-3-4-17(21)12-19/h5-8,10,17,21H,3-4,9,11-12H2,1-2H3. The zero-order valence-corrected chi connectivity index (χ0v) is 12.8. The number of piperidine rings is 1. The molecular weight excluding hydrogens is 262 g/mol. The normalized spacial score (nSPS) is 19.9. The molecule has 1 saturated heterocycles. The summed E-state index contributed by atoms with van der Waals surface area (Å²) >= 11 is 0. The van der Waals surface area contributed by atoms with E-state index < -0.39 is 0 Å². The molecule has 0 spiro atoms. The maximum absolute atomic E-state index is 9.73. The Morgan fingerprint density at radius 1 is 1.24 bits per heavy atom. The molecule has 1 aromatic carbocycles. The maximum atomic E-state index is 9.73. The van der Waals surface area contributed by atoms with Gasteiger partial charge in [0.05, 0.1) is 17.5 Å². The highest BCUT2D eigenvalue weighted by atomic mass is 16.3. The molecular formula is C17H23N3O. The average molecular weight is 285 g/mol. The van der Waals surface area contributed by atoms with Crippen molar-refractivity contribution in [2.45, 2.75) is 39.3 Å². The van der Waals surface area contributed by atoms with Crippen LogP contribution in [0.5, 0.6) is 0 Å². The minimum absolute atomic E-state index is 0.160. The SMILES string of the molecule is Cc1cc(C)n(-c2ccc(CN3CCCC(O)C3)cc2)n1. The Balaban J connectivity index is 1.70. The third-order valence-corrected chi connectivity index (χ3v) is 4.08. The second-order valence-corrected chi connectivity index (χ2v) is 6.04. The smallest absolute Gasteiger partial charge is 0.0667 e. The van der Waals surface area contributed by atoms with Crippen molar-refractivity contribution in [2.24, 2.45) is 0 Å². The molecule has 2 aromatic rings. The summed E-state index contributed by atoms with van der Waals surface area (Å²) in [5.74, 6) is 0. The number of rotatable bonds is 3. The molecule has 0 bridgehead atoms. The van der Waals surface area contributed by atoms with Gasteiger partial charge in [-0.15, -0.1) is 0 Å². The van der Waals surface area contributed by atoms with Gasteiger partial charge in [0.15, 0.2) is 0 Å². The lowest BCUT2D eigenvalue weighted by atomic mass is 10.1. The van der Waals surface area contributed by atoms with Gasteiger partial charge in [-0.3, -0.25) is 4.90 Å². The van der Waals surface area contributed by atoms with Crippen molar-refractivity contribution in [3.63, 3.8) is 0 Å². The highest BCUT2D eigenvalue weighted by molar-refractivity contribution is 5.36. The Hall–Kier alpha value is -1.65. The Morgan fingerprint density at radius 2 is 2.00 bits per heavy atom. The number of likely N-dealkylation sites (tertiary alicyclic amines) is 1. The van der Waals surface area contributed by atoms with Crippen LogP contribution in [0, 0.1) is 13.8 Å². The molecule has 0 saturated carbocycles. The molecule has 1 aromatic heterocycles. The van der Waals surface area contributed by atoms with Crippen molar-refractivity contribution < 1.29 is 5.11 Å². The second-order valence-electron chi connectivity index (χ2n) is 6.04. The molecule has 1 atom stereocenters. The summed E-state index contributed by atoms with van der Waals surface area (Å²) in [7, 11) is 0. The fourth-order valence-corrected chi connectivity index (χ4v) is 3.07. The summed E-state index contributed by atoms with van der Waals surface area (Å²) < 4.78 is 1.98. The number of hydrogen-bond donors (Lipinski definition) is 1. The first-order valence-corrected chi connectivity index (χ1v) is 7.65. The van der Waals surface area contributed by atoms with Crippen molar-refractivity contribution in [3.05, 3.63) is 47.3 Å². The average Bonchev–Trinajstić information content (AvgIpc) is 2.79. The molecule has 2 heterocycles. The van der Waals surface area contributed by atoms with Crippen molar-refractivity contribution in [1.82, 2.24) is 14.7 Å². The van der Waals surface area contributed by atoms with Crippen molar-refractivity contribution >= 4 is 0 Å². The van der Waals surface area contributed by atoms with Crippen LogP contribution in [0.3, 0.4) is 0 Å². The van der Waals surface area contributed by atoms with E-state index in [0.717, 1.165) is 49.6 Å². The first-order chi connectivity index (χ1) is 10.1. The summed E-state index contributed by atoms with van der Waals surface area (Å²) in [5.41, 5.74) is 4.58. The van der Waals surface area contributed by atoms with Crippen LogP contribution in [0.25, 0.3) is 5.69 Å². The summed E-state index contributed by atoms with van der Waals surface area (Å²) in [6.45, 7) is 6.87. The molecule has 0 radical (unpaired) electrons. The molecule has 21 heavy (non-hydrogen) atoms. The van der Waals surface area contributed by atoms with E-state index in [2.05, 4.69) is 47.3 Å². The zero-order valence-electron chi connectivity index (χ0n) is 12.8. The van der Waals surface area contributed by atoms with Crippen molar-refractivity contribution in [1.29, 1.82) is 0 Å². The van der Waals surface area contributed by atoms with Crippen molar-refractivity contribution in [2.75, 3.05) is 13.1 Å². The molecule has 1 N–H and O–H groups in total. The predicted octanol–water partition coefficient (Wildman–Crippen LogP) is 2.45. The number of benzene rings is 1. The van der Waals surface area contributed by atoms with Gasteiger partial charge < -0.3 is 5.11 Å². The Morgan fingerprint density at radius 3 is 2.62 bits per heavy atom. The predicted molar refractivity (Wildman–Crippen MR) is 83.6 cm³/mol. The summed E-state index contributed by atoms with van der Waals surface area (Å²) in [6, 6.07) is 10.6. The first-order valence-electron chi connectivity index (χ1n) is 7.65. The molecule has 3 rings (SSSR count). The molecule has 0 aliphatic carbocycles. The highest BCUT2D eigenvalue weighted by Gasteiger charge is 2.17. The van der Waals surface area contributed by atoms with E-state index in [0.29, 0.717) is 0 Å². The number of aromatic nitrogens is 2. The van der Waals surface area contributed by atoms with Crippen LogP contribution >= 0.6 is 0 Å². The third-order valence-electron chi connectivity index (χ3n) is 4.08. The fraction of sp³-hybridized carbons (Fsp3) is 0.471. The van der Waals surface area contributed by atoms with Crippen molar-refractivity contribution in [3.8, 4) is 5.69 Å². The van der Waals surface area contributed by atoms with E-state index in [9.17, 15) is 5.11 Å². The van der Waals surface area contributed by atoms with Crippen LogP contribution in [-0.4, -0.2) is 39.0 Å². The summed E-state index contributed by atoms with van der Waals surface area (Å²) in [4.78, 5) is 2.33. The van der Waals surface area contributed by atoms with Gasteiger partial charge in [-0.25, -0.2) is 4.68 Å². The number of hydrogen-bond acceptors (Lipinski definition) is 3. The number of aryl methyl sites for hydroxylation is 2. The van der Waals surface area contributed by atoms with Gasteiger partial charge in [-0.2, -0.15) is 5.10 Å². The number of aliphatic hydroxyl groups is 1. The van der Waals surface area contributed by atoms with E-state index in [4.69, 9.17) is 0 Å². The second kappa shape index (κ2) is 6.00. The molecule has 1 fully saturated rings. The highest BCUT2D eigenvalue weighted by Crippen LogP contribution is 2.16. The van der Waals surface area contributed by atoms with Crippen LogP contribution in [0.15, 0.2) is 30.3 Å². The monoisotopic (exact) mass is 285 g/mol. The van der Waals surface area contributed by atoms with Crippen LogP contribution < -0.4 is 0 Å². The van der Waals surface area contributed by atoms with Gasteiger partial charge >= 0.3 is 0 Å². The minimum atomic E-state index is -0.160. The molecule has 1 aliphatic rings. The molecule has 4 heteroatoms. The van der Waals surface area contributed by atoms with E-state index in [1.54, 1.807) is 0 Å². The quantitative estimate of drug-likeness (QED) is 0.942. The van der Waals surface area contributed by atoms with Crippen LogP contribution in [0.1, 0.15) is 29.8 Å². The first kappa shape index (κ1) is 14.3. The van der Waals surface area contributed by atoms with Gasteiger partial charge in [-0.1, -0.05) is 12.1 Å². The minimum Gasteiger partial charge on any atom is -0.392 e. The van der Waals surface area contributed by atoms with Gasteiger partial charge in [0.2, 0.25) is 0 Å². The number of β-amino-alcohol motifs (C(OH)–C–C–N with tert-alkyl or cyclic N) is 1. The third kappa shape index (κ3) is 3.34. The van der Waals surface area contributed by atoms with Crippen LogP contribution in [0.2, 0.25) is 0 Å². The van der Waals surface area contributed by atoms with E-state index in [-0.39, 0.29) is 6.10 Å². The Labute approximate surface area is 126 Å². The summed E-state index contributed by atoms with van der Waals surface area (Å²) in [5, 5.41) is 14.2. The van der Waals surface area contributed by atoms with Gasteiger partial charge in [0, 0.05) is 18.8 Å². The molecule has 0 amide bonds. The zero-order chi connectivity index (χ0) is 14.8. The lowest BCUT2D eigenvalue weighted by Gasteiger charge is -2.29. The fourth-order valence-electron chi connectivity index (χ4n) is 3.07. The van der Waals surface area contributed by atoms with E-state index >= 15 is 0 Å². The lowest BCUT2D eigenvalue weighted by molar-refractivity contribution is 0.0668. The lowest BCUT2D eigenvalue weighted by Crippen LogP contribution is -2.37. The van der Waals surface area contributed by atoms with E-state index in [1.807, 2.05) is 11.6 Å². The largest absolute Gasteiger partial charge is 0.392 e. The number of aliphatic hydroxyl groups excluding tert-OH is 1. The molecule has 1 unspecified atom stereocenters. The summed E-state index contributed by atoms with van der Waals surface area (Å²) in [6.07, 6.45) is 1.87.